The lowest BCUT2D eigenvalue weighted by Gasteiger charge is -2.30. The number of rotatable bonds is 11. The zero-order valence-electron chi connectivity index (χ0n) is 19.2. The van der Waals surface area contributed by atoms with Crippen LogP contribution in [0.25, 0.3) is 11.4 Å². The van der Waals surface area contributed by atoms with Gasteiger partial charge in [-0.3, -0.25) is 19.4 Å². The summed E-state index contributed by atoms with van der Waals surface area (Å²) in [6.45, 7) is 9.39. The van der Waals surface area contributed by atoms with Crippen LogP contribution >= 0.6 is 12.2 Å². The van der Waals surface area contributed by atoms with Gasteiger partial charge in [-0.25, -0.2) is 0 Å². The highest BCUT2D eigenvalue weighted by Crippen LogP contribution is 2.18. The number of aromatic nitrogens is 3. The third kappa shape index (κ3) is 6.37. The van der Waals surface area contributed by atoms with E-state index in [2.05, 4.69) is 65.5 Å². The maximum Gasteiger partial charge on any atom is 0.221 e. The van der Waals surface area contributed by atoms with Gasteiger partial charge in [-0.05, 0) is 44.2 Å². The van der Waals surface area contributed by atoms with Crippen LogP contribution in [0.2, 0.25) is 0 Å². The number of carbonyl (C=O) groups is 1. The number of amides is 1. The molecule has 0 radical (unpaired) electrons. The summed E-state index contributed by atoms with van der Waals surface area (Å²) in [7, 11) is 0. The van der Waals surface area contributed by atoms with E-state index < -0.39 is 0 Å². The smallest absolute Gasteiger partial charge is 0.221 e. The maximum absolute atomic E-state index is 12.7. The number of likely N-dealkylation sites (N-methyl/N-ethyl adjacent to an activating group) is 1. The quantitative estimate of drug-likeness (QED) is 0.425. The van der Waals surface area contributed by atoms with Crippen molar-refractivity contribution in [3.05, 3.63) is 70.5 Å². The fourth-order valence-corrected chi connectivity index (χ4v) is 4.16. The van der Waals surface area contributed by atoms with E-state index in [-0.39, 0.29) is 11.9 Å². The Morgan fingerprint density at radius 3 is 2.47 bits per heavy atom. The summed E-state index contributed by atoms with van der Waals surface area (Å²) in [5, 5.41) is 10.4. The van der Waals surface area contributed by atoms with Gasteiger partial charge < -0.3 is 5.32 Å². The molecule has 3 rings (SSSR count). The lowest BCUT2D eigenvalue weighted by molar-refractivity contribution is -0.121. The van der Waals surface area contributed by atoms with E-state index in [1.807, 2.05) is 34.9 Å². The van der Waals surface area contributed by atoms with Gasteiger partial charge in [0, 0.05) is 31.1 Å². The van der Waals surface area contributed by atoms with E-state index in [0.29, 0.717) is 24.3 Å². The monoisotopic (exact) mass is 451 g/mol. The van der Waals surface area contributed by atoms with Crippen molar-refractivity contribution in [1.82, 2.24) is 25.0 Å². The Morgan fingerprint density at radius 2 is 1.81 bits per heavy atom. The van der Waals surface area contributed by atoms with E-state index in [1.165, 1.54) is 11.1 Å². The van der Waals surface area contributed by atoms with Crippen LogP contribution in [0.3, 0.4) is 0 Å². The van der Waals surface area contributed by atoms with Crippen LogP contribution < -0.4 is 5.32 Å². The first-order valence-corrected chi connectivity index (χ1v) is 11.7. The predicted octanol–water partition coefficient (Wildman–Crippen LogP) is 4.38. The van der Waals surface area contributed by atoms with Crippen molar-refractivity contribution in [3.8, 4) is 11.4 Å². The molecule has 32 heavy (non-hydrogen) atoms. The topological polar surface area (TPSA) is 66.0 Å². The molecule has 0 aliphatic heterocycles. The average Bonchev–Trinajstić information content (AvgIpc) is 3.18. The van der Waals surface area contributed by atoms with E-state index in [1.54, 1.807) is 0 Å². The van der Waals surface area contributed by atoms with Gasteiger partial charge in [0.05, 0.1) is 0 Å². The minimum absolute atomic E-state index is 0.0215. The predicted molar refractivity (Wildman–Crippen MR) is 132 cm³/mol. The first-order valence-electron chi connectivity index (χ1n) is 11.3. The van der Waals surface area contributed by atoms with Gasteiger partial charge in [0.1, 0.15) is 0 Å². The Hall–Kier alpha value is -2.77. The Balaban J connectivity index is 1.61. The first kappa shape index (κ1) is 23.9. The molecule has 1 atom stereocenters. The molecular weight excluding hydrogens is 418 g/mol. The molecule has 0 spiro atoms. The summed E-state index contributed by atoms with van der Waals surface area (Å²) in [5.74, 6) is 0.779. The molecule has 0 aliphatic rings. The van der Waals surface area contributed by atoms with Crippen LogP contribution in [-0.2, 0) is 17.8 Å². The Morgan fingerprint density at radius 1 is 1.12 bits per heavy atom. The van der Waals surface area contributed by atoms with Crippen molar-refractivity contribution in [1.29, 1.82) is 0 Å². The van der Waals surface area contributed by atoms with Crippen LogP contribution in [-0.4, -0.2) is 51.2 Å². The van der Waals surface area contributed by atoms with Crippen LogP contribution in [0.4, 0.5) is 0 Å². The summed E-state index contributed by atoms with van der Waals surface area (Å²) in [4.78, 5) is 15.1. The number of nitrogens with zero attached hydrogens (tertiary/aromatic N) is 3. The normalized spacial score (nSPS) is 12.1. The second kappa shape index (κ2) is 11.7. The number of aromatic amines is 1. The molecular formula is C25H33N5OS. The van der Waals surface area contributed by atoms with Crippen molar-refractivity contribution in [3.63, 3.8) is 0 Å². The van der Waals surface area contributed by atoms with Crippen LogP contribution in [0.15, 0.2) is 54.6 Å². The number of nitrogens with one attached hydrogen (secondary N) is 2. The average molecular weight is 452 g/mol. The summed E-state index contributed by atoms with van der Waals surface area (Å²) >= 11 is 5.40. The highest BCUT2D eigenvalue weighted by molar-refractivity contribution is 7.71. The minimum atomic E-state index is 0.0215. The summed E-state index contributed by atoms with van der Waals surface area (Å²) in [6.07, 6.45) is 1.26. The van der Waals surface area contributed by atoms with Crippen molar-refractivity contribution < 1.29 is 4.79 Å². The molecule has 0 saturated heterocycles. The molecule has 7 heteroatoms. The largest absolute Gasteiger partial charge is 0.354 e. The number of H-pyrrole nitrogens is 1. The van der Waals surface area contributed by atoms with Gasteiger partial charge in [0.25, 0.3) is 0 Å². The lowest BCUT2D eigenvalue weighted by atomic mass is 10.0. The van der Waals surface area contributed by atoms with E-state index in [4.69, 9.17) is 12.2 Å². The number of aryl methyl sites for hydroxylation is 1. The maximum atomic E-state index is 12.7. The van der Waals surface area contributed by atoms with Crippen LogP contribution in [0, 0.1) is 11.7 Å². The van der Waals surface area contributed by atoms with E-state index >= 15 is 0 Å². The van der Waals surface area contributed by atoms with Gasteiger partial charge >= 0.3 is 0 Å². The van der Waals surface area contributed by atoms with Crippen molar-refractivity contribution in [2.24, 2.45) is 0 Å². The second-order valence-electron chi connectivity index (χ2n) is 7.99. The summed E-state index contributed by atoms with van der Waals surface area (Å²) in [5.41, 5.74) is 3.45. The zero-order valence-corrected chi connectivity index (χ0v) is 20.0. The molecule has 3 aromatic rings. The molecule has 1 heterocycles. The Bertz CT molecular complexity index is 1040. The third-order valence-corrected chi connectivity index (χ3v) is 6.12. The molecule has 2 aromatic carbocycles. The zero-order chi connectivity index (χ0) is 22.9. The van der Waals surface area contributed by atoms with Gasteiger partial charge in [0.2, 0.25) is 5.91 Å². The van der Waals surface area contributed by atoms with Crippen LogP contribution in [0.1, 0.15) is 31.4 Å². The molecule has 0 aliphatic carbocycles. The second-order valence-corrected chi connectivity index (χ2v) is 8.38. The molecule has 0 saturated carbocycles. The summed E-state index contributed by atoms with van der Waals surface area (Å²) < 4.78 is 2.42. The Kier molecular flexibility index (Phi) is 8.76. The standard InChI is InChI=1S/C25H33N5OS/c1-4-29(5-2)22(17-20-9-7-6-8-10-20)18-26-23(31)15-16-30-24(27-28-25(30)32)21-13-11-19(3)12-14-21/h6-14,22H,4-5,15-18H2,1-3H3,(H,26,31)(H,28,32). The first-order chi connectivity index (χ1) is 15.5. The van der Waals surface area contributed by atoms with Gasteiger partial charge in [-0.15, -0.1) is 0 Å². The van der Waals surface area contributed by atoms with Crippen molar-refractivity contribution >= 4 is 18.1 Å². The van der Waals surface area contributed by atoms with Gasteiger partial charge in [-0.2, -0.15) is 5.10 Å². The highest BCUT2D eigenvalue weighted by Gasteiger charge is 2.18. The molecule has 6 nitrogen and oxygen atoms in total. The number of carbonyl (C=O) groups excluding carboxylic acids is 1. The van der Waals surface area contributed by atoms with E-state index in [9.17, 15) is 4.79 Å². The van der Waals surface area contributed by atoms with Crippen molar-refractivity contribution in [2.75, 3.05) is 19.6 Å². The number of hydrogen-bond donors (Lipinski definition) is 2. The molecule has 1 unspecified atom stereocenters. The fraction of sp³-hybridized carbons (Fsp3) is 0.400. The summed E-state index contributed by atoms with van der Waals surface area (Å²) in [6, 6.07) is 18.8. The minimum Gasteiger partial charge on any atom is -0.354 e. The number of benzene rings is 2. The number of hydrogen-bond acceptors (Lipinski definition) is 4. The Labute approximate surface area is 195 Å². The molecule has 0 bridgehead atoms. The fourth-order valence-electron chi connectivity index (χ4n) is 3.94. The van der Waals surface area contributed by atoms with Crippen molar-refractivity contribution in [2.45, 2.75) is 46.2 Å². The van der Waals surface area contributed by atoms with E-state index in [0.717, 1.165) is 30.9 Å². The van der Waals surface area contributed by atoms with Gasteiger partial charge in [-0.1, -0.05) is 74.0 Å². The van der Waals surface area contributed by atoms with Gasteiger partial charge in [0.15, 0.2) is 10.6 Å². The molecule has 1 aromatic heterocycles. The molecule has 1 amide bonds. The molecule has 0 fully saturated rings. The highest BCUT2D eigenvalue weighted by atomic mass is 32.1. The van der Waals surface area contributed by atoms with Crippen LogP contribution in [0.5, 0.6) is 0 Å². The third-order valence-electron chi connectivity index (χ3n) is 5.81. The SMILES string of the molecule is CCN(CC)C(CNC(=O)CCn1c(-c2ccc(C)cc2)n[nH]c1=S)Cc1ccccc1. The molecule has 170 valence electrons. The molecule has 2 N–H and O–H groups in total. The lowest BCUT2D eigenvalue weighted by Crippen LogP contribution is -2.45.